The summed E-state index contributed by atoms with van der Waals surface area (Å²) in [5.74, 6) is 0.354. The molecule has 1 aromatic carbocycles. The van der Waals surface area contributed by atoms with E-state index in [4.69, 9.17) is 16.3 Å². The van der Waals surface area contributed by atoms with E-state index in [2.05, 4.69) is 10.3 Å². The van der Waals surface area contributed by atoms with Crippen molar-refractivity contribution in [3.63, 3.8) is 0 Å². The van der Waals surface area contributed by atoms with E-state index < -0.39 is 0 Å². The van der Waals surface area contributed by atoms with Gasteiger partial charge in [-0.3, -0.25) is 14.6 Å². The zero-order valence-electron chi connectivity index (χ0n) is 15.0. The van der Waals surface area contributed by atoms with Gasteiger partial charge in [0.1, 0.15) is 5.75 Å². The highest BCUT2D eigenvalue weighted by atomic mass is 35.5. The molecule has 2 aromatic heterocycles. The molecular weight excluding hydrogens is 366 g/mol. The molecule has 1 N–H and O–H groups in total. The van der Waals surface area contributed by atoms with Crippen LogP contribution in [-0.4, -0.2) is 36.0 Å². The summed E-state index contributed by atoms with van der Waals surface area (Å²) in [5, 5.41) is 4.59. The first-order chi connectivity index (χ1) is 13.1. The molecule has 0 saturated heterocycles. The minimum absolute atomic E-state index is 0.152. The lowest BCUT2D eigenvalue weighted by atomic mass is 10.0. The van der Waals surface area contributed by atoms with Gasteiger partial charge in [-0.1, -0.05) is 17.7 Å². The normalized spacial score (nSPS) is 12.3. The van der Waals surface area contributed by atoms with E-state index in [-0.39, 0.29) is 11.3 Å². The second-order valence-electron chi connectivity index (χ2n) is 6.43. The Hall–Kier alpha value is -2.70. The molecule has 0 saturated carbocycles. The summed E-state index contributed by atoms with van der Waals surface area (Å²) in [5.41, 5.74) is 1.89. The van der Waals surface area contributed by atoms with Crippen molar-refractivity contribution in [2.75, 3.05) is 20.7 Å². The number of ketones is 1. The number of carbonyl (C=O) groups excluding carboxylic acids is 1. The number of hydrogen-bond acceptors (Lipinski definition) is 5. The van der Waals surface area contributed by atoms with Crippen LogP contribution in [0.15, 0.2) is 35.3 Å². The van der Waals surface area contributed by atoms with E-state index in [0.717, 1.165) is 13.0 Å². The monoisotopic (exact) mass is 383 g/mol. The maximum absolute atomic E-state index is 13.2. The summed E-state index contributed by atoms with van der Waals surface area (Å²) < 4.78 is 6.86. The number of ether oxygens (including phenoxy) is 1. The number of methoxy groups -OCH3 is 1. The van der Waals surface area contributed by atoms with Crippen LogP contribution in [0.5, 0.6) is 5.75 Å². The van der Waals surface area contributed by atoms with Crippen LogP contribution in [0, 0.1) is 0 Å². The van der Waals surface area contributed by atoms with Crippen molar-refractivity contribution in [1.82, 2.24) is 14.9 Å². The predicted octanol–water partition coefficient (Wildman–Crippen LogP) is 2.88. The van der Waals surface area contributed by atoms with Crippen molar-refractivity contribution >= 4 is 28.2 Å². The molecule has 0 bridgehead atoms. The second kappa shape index (κ2) is 6.79. The van der Waals surface area contributed by atoms with E-state index >= 15 is 0 Å². The van der Waals surface area contributed by atoms with Crippen molar-refractivity contribution < 1.29 is 9.53 Å². The van der Waals surface area contributed by atoms with Crippen LogP contribution in [0.2, 0.25) is 5.02 Å². The molecule has 0 aliphatic heterocycles. The zero-order valence-corrected chi connectivity index (χ0v) is 15.8. The molecule has 0 spiro atoms. The van der Waals surface area contributed by atoms with Crippen LogP contribution < -0.4 is 15.6 Å². The third-order valence-electron chi connectivity index (χ3n) is 4.84. The lowest BCUT2D eigenvalue weighted by Gasteiger charge is -2.14. The van der Waals surface area contributed by atoms with E-state index in [1.807, 2.05) is 7.05 Å². The molecule has 0 radical (unpaired) electrons. The summed E-state index contributed by atoms with van der Waals surface area (Å²) in [6.45, 7) is 1.23. The third-order valence-corrected chi connectivity index (χ3v) is 5.07. The van der Waals surface area contributed by atoms with Crippen LogP contribution in [0.1, 0.15) is 22.3 Å². The molecule has 1 aliphatic carbocycles. The topological polar surface area (TPSA) is 73.2 Å². The largest absolute Gasteiger partial charge is 0.495 e. The summed E-state index contributed by atoms with van der Waals surface area (Å²) >= 11 is 6.11. The van der Waals surface area contributed by atoms with Crippen LogP contribution in [0.25, 0.3) is 22.2 Å². The number of nitrogens with zero attached hydrogens (tertiary/aromatic N) is 2. The number of aromatic nitrogens is 2. The molecule has 27 heavy (non-hydrogen) atoms. The van der Waals surface area contributed by atoms with E-state index in [1.54, 1.807) is 35.0 Å². The smallest absolute Gasteiger partial charge is 0.259 e. The Kier molecular flexibility index (Phi) is 4.45. The second-order valence-corrected chi connectivity index (χ2v) is 6.86. The molecule has 0 amide bonds. The average Bonchev–Trinajstić information content (AvgIpc) is 2.96. The van der Waals surface area contributed by atoms with Crippen molar-refractivity contribution in [3.8, 4) is 17.1 Å². The number of halogens is 1. The molecule has 4 rings (SSSR count). The Morgan fingerprint density at radius 1 is 1.22 bits per heavy atom. The van der Waals surface area contributed by atoms with Gasteiger partial charge in [-0.05, 0) is 38.2 Å². The molecule has 138 valence electrons. The average molecular weight is 384 g/mol. The highest BCUT2D eigenvalue weighted by Gasteiger charge is 2.34. The molecule has 3 aromatic rings. The fourth-order valence-corrected chi connectivity index (χ4v) is 3.75. The van der Waals surface area contributed by atoms with E-state index in [0.29, 0.717) is 50.6 Å². The van der Waals surface area contributed by atoms with Gasteiger partial charge < -0.3 is 14.6 Å². The number of benzene rings is 1. The van der Waals surface area contributed by atoms with Crippen molar-refractivity contribution in [3.05, 3.63) is 57.0 Å². The third kappa shape index (κ3) is 2.72. The Labute approximate surface area is 160 Å². The van der Waals surface area contributed by atoms with Gasteiger partial charge in [0.2, 0.25) is 0 Å². The van der Waals surface area contributed by atoms with Gasteiger partial charge >= 0.3 is 0 Å². The standard InChI is InChI=1S/C20H18ClN3O3/c1-22-6-3-7-24-18-16(13-5-4-11(21)8-14(13)20(24)26)19(25)15-9-12(27-2)10-23-17(15)18/h4-5,8-10,22H,3,6-7H2,1-2H3. The molecule has 1 aliphatic rings. The zero-order chi connectivity index (χ0) is 19.1. The Morgan fingerprint density at radius 2 is 2.04 bits per heavy atom. The summed E-state index contributed by atoms with van der Waals surface area (Å²) in [4.78, 5) is 30.8. The van der Waals surface area contributed by atoms with Gasteiger partial charge in [-0.15, -0.1) is 0 Å². The fraction of sp³-hybridized carbons (Fsp3) is 0.250. The number of hydrogen-bond donors (Lipinski definition) is 1. The van der Waals surface area contributed by atoms with Crippen LogP contribution in [0.4, 0.5) is 0 Å². The van der Waals surface area contributed by atoms with Crippen LogP contribution in [0.3, 0.4) is 0 Å². The molecular formula is C20H18ClN3O3. The van der Waals surface area contributed by atoms with Gasteiger partial charge in [0.25, 0.3) is 5.56 Å². The maximum Gasteiger partial charge on any atom is 0.259 e. The summed E-state index contributed by atoms with van der Waals surface area (Å²) in [7, 11) is 3.39. The number of rotatable bonds is 5. The SMILES string of the molecule is CNCCCn1c2c(c3ccc(Cl)cc3c1=O)C(=O)c1cc(OC)cnc1-2. The quantitative estimate of drug-likeness (QED) is 0.536. The van der Waals surface area contributed by atoms with Crippen LogP contribution >= 0.6 is 11.6 Å². The first-order valence-corrected chi connectivity index (χ1v) is 9.04. The maximum atomic E-state index is 13.2. The lowest BCUT2D eigenvalue weighted by Crippen LogP contribution is -2.25. The Morgan fingerprint density at radius 3 is 2.78 bits per heavy atom. The van der Waals surface area contributed by atoms with Gasteiger partial charge in [0.15, 0.2) is 5.78 Å². The number of pyridine rings is 2. The first-order valence-electron chi connectivity index (χ1n) is 8.66. The summed E-state index contributed by atoms with van der Waals surface area (Å²) in [6.07, 6.45) is 2.31. The minimum Gasteiger partial charge on any atom is -0.495 e. The number of fused-ring (bicyclic) bond motifs is 5. The molecule has 0 fully saturated rings. The Balaban J connectivity index is 2.06. The van der Waals surface area contributed by atoms with E-state index in [9.17, 15) is 9.59 Å². The van der Waals surface area contributed by atoms with Gasteiger partial charge in [-0.25, -0.2) is 0 Å². The van der Waals surface area contributed by atoms with Gasteiger partial charge in [0.05, 0.1) is 35.8 Å². The number of nitrogens with one attached hydrogen (secondary N) is 1. The predicted molar refractivity (Wildman–Crippen MR) is 105 cm³/mol. The van der Waals surface area contributed by atoms with Crippen molar-refractivity contribution in [1.29, 1.82) is 0 Å². The number of carbonyl (C=O) groups is 1. The van der Waals surface area contributed by atoms with Crippen LogP contribution in [-0.2, 0) is 6.54 Å². The van der Waals surface area contributed by atoms with E-state index in [1.165, 1.54) is 7.11 Å². The molecule has 2 heterocycles. The highest BCUT2D eigenvalue weighted by molar-refractivity contribution is 6.32. The van der Waals surface area contributed by atoms with Gasteiger partial charge in [0, 0.05) is 22.3 Å². The Bertz CT molecular complexity index is 1140. The molecule has 0 unspecified atom stereocenters. The minimum atomic E-state index is -0.166. The molecule has 6 nitrogen and oxygen atoms in total. The fourth-order valence-electron chi connectivity index (χ4n) is 3.58. The molecule has 0 atom stereocenters. The van der Waals surface area contributed by atoms with Crippen molar-refractivity contribution in [2.45, 2.75) is 13.0 Å². The van der Waals surface area contributed by atoms with Crippen molar-refractivity contribution in [2.24, 2.45) is 0 Å². The lowest BCUT2D eigenvalue weighted by molar-refractivity contribution is 0.104. The first kappa shape index (κ1) is 17.7. The summed E-state index contributed by atoms with van der Waals surface area (Å²) in [6, 6.07) is 6.73. The van der Waals surface area contributed by atoms with Gasteiger partial charge in [-0.2, -0.15) is 0 Å². The highest BCUT2D eigenvalue weighted by Crippen LogP contribution is 2.39. The molecule has 7 heteroatoms.